The lowest BCUT2D eigenvalue weighted by Crippen LogP contribution is -2.36. The number of halogens is 1. The number of guanidine groups is 1. The summed E-state index contributed by atoms with van der Waals surface area (Å²) in [5.74, 6) is 2.21. The Bertz CT molecular complexity index is 981. The third kappa shape index (κ3) is 8.27. The van der Waals surface area contributed by atoms with E-state index in [-0.39, 0.29) is 29.4 Å². The second-order valence-electron chi connectivity index (χ2n) is 8.45. The van der Waals surface area contributed by atoms with Crippen LogP contribution in [0.4, 0.5) is 0 Å². The van der Waals surface area contributed by atoms with Gasteiger partial charge >= 0.3 is 0 Å². The molecule has 0 saturated carbocycles. The third-order valence-electron chi connectivity index (χ3n) is 4.76. The molecular formula is C25H33IN4O2. The molecule has 0 unspecified atom stereocenters. The summed E-state index contributed by atoms with van der Waals surface area (Å²) in [6.45, 7) is 8.63. The topological polar surface area (TPSA) is 71.7 Å². The fourth-order valence-corrected chi connectivity index (χ4v) is 2.99. The number of benzene rings is 2. The van der Waals surface area contributed by atoms with Crippen LogP contribution in [0.3, 0.4) is 0 Å². The van der Waals surface area contributed by atoms with Crippen molar-refractivity contribution >= 4 is 29.9 Å². The van der Waals surface area contributed by atoms with Crippen LogP contribution in [0.5, 0.6) is 0 Å². The summed E-state index contributed by atoms with van der Waals surface area (Å²) < 4.78 is 11.7. The third-order valence-corrected chi connectivity index (χ3v) is 4.76. The summed E-state index contributed by atoms with van der Waals surface area (Å²) in [4.78, 5) is 8.62. The number of aliphatic imine (C=N–C) groups is 1. The van der Waals surface area contributed by atoms with Crippen LogP contribution in [-0.4, -0.2) is 18.0 Å². The summed E-state index contributed by atoms with van der Waals surface area (Å²) in [5, 5.41) is 6.58. The Labute approximate surface area is 207 Å². The van der Waals surface area contributed by atoms with Crippen LogP contribution in [0, 0.1) is 0 Å². The SMILES string of the molecule is CN=C(NCc1cccc(COCc2ccccc2)c1)NCc1ncc(C(C)(C)C)o1.I. The van der Waals surface area contributed by atoms with Gasteiger partial charge in [0.05, 0.1) is 26.0 Å². The van der Waals surface area contributed by atoms with Crippen molar-refractivity contribution in [1.29, 1.82) is 0 Å². The zero-order chi connectivity index (χ0) is 22.1. The number of hydrogen-bond acceptors (Lipinski definition) is 4. The van der Waals surface area contributed by atoms with Gasteiger partial charge in [-0.3, -0.25) is 4.99 Å². The van der Waals surface area contributed by atoms with E-state index in [1.165, 1.54) is 5.56 Å². The molecular weight excluding hydrogens is 515 g/mol. The van der Waals surface area contributed by atoms with E-state index in [0.29, 0.717) is 38.2 Å². The predicted octanol–water partition coefficient (Wildman–Crippen LogP) is 5.17. The first-order valence-corrected chi connectivity index (χ1v) is 10.5. The van der Waals surface area contributed by atoms with E-state index < -0.39 is 0 Å². The highest BCUT2D eigenvalue weighted by Gasteiger charge is 2.19. The fourth-order valence-electron chi connectivity index (χ4n) is 2.99. The van der Waals surface area contributed by atoms with Crippen molar-refractivity contribution in [3.8, 4) is 0 Å². The van der Waals surface area contributed by atoms with Gasteiger partial charge in [0.15, 0.2) is 5.96 Å². The second kappa shape index (κ2) is 12.6. The first-order chi connectivity index (χ1) is 14.9. The maximum atomic E-state index is 5.85. The Hall–Kier alpha value is -2.39. The monoisotopic (exact) mass is 548 g/mol. The van der Waals surface area contributed by atoms with Gasteiger partial charge in [0, 0.05) is 19.0 Å². The van der Waals surface area contributed by atoms with E-state index in [1.54, 1.807) is 13.2 Å². The van der Waals surface area contributed by atoms with Crippen LogP contribution in [0.1, 0.15) is 49.1 Å². The van der Waals surface area contributed by atoms with Crippen LogP contribution >= 0.6 is 24.0 Å². The van der Waals surface area contributed by atoms with Crippen LogP contribution in [0.2, 0.25) is 0 Å². The van der Waals surface area contributed by atoms with E-state index in [0.717, 1.165) is 16.9 Å². The van der Waals surface area contributed by atoms with Crippen LogP contribution in [-0.2, 0) is 36.5 Å². The van der Waals surface area contributed by atoms with Crippen molar-refractivity contribution in [2.45, 2.75) is 52.5 Å². The fraction of sp³-hybridized carbons (Fsp3) is 0.360. The normalized spacial score (nSPS) is 11.7. The summed E-state index contributed by atoms with van der Waals surface area (Å²) in [7, 11) is 1.75. The standard InChI is InChI=1S/C25H32N4O2.HI/c1-25(2,3)22-15-27-23(31-22)16-29-24(26-4)28-14-20-11-8-12-21(13-20)18-30-17-19-9-6-5-7-10-19;/h5-13,15H,14,16-18H2,1-4H3,(H2,26,28,29);1H. The highest BCUT2D eigenvalue weighted by atomic mass is 127. The van der Waals surface area contributed by atoms with Gasteiger partial charge in [-0.1, -0.05) is 75.4 Å². The first-order valence-electron chi connectivity index (χ1n) is 10.5. The minimum atomic E-state index is -0.0546. The van der Waals surface area contributed by atoms with E-state index in [2.05, 4.69) is 77.8 Å². The van der Waals surface area contributed by atoms with Crippen molar-refractivity contribution in [2.24, 2.45) is 4.99 Å². The van der Waals surface area contributed by atoms with Gasteiger partial charge in [-0.15, -0.1) is 24.0 Å². The number of nitrogens with one attached hydrogen (secondary N) is 2. The van der Waals surface area contributed by atoms with Gasteiger partial charge in [0.1, 0.15) is 5.76 Å². The predicted molar refractivity (Wildman–Crippen MR) is 139 cm³/mol. The lowest BCUT2D eigenvalue weighted by atomic mass is 9.94. The van der Waals surface area contributed by atoms with Crippen molar-refractivity contribution in [3.05, 3.63) is 89.1 Å². The Morgan fingerprint density at radius 3 is 2.28 bits per heavy atom. The zero-order valence-corrected chi connectivity index (χ0v) is 21.6. The van der Waals surface area contributed by atoms with E-state index >= 15 is 0 Å². The summed E-state index contributed by atoms with van der Waals surface area (Å²) in [5.41, 5.74) is 3.43. The molecule has 0 aliphatic carbocycles. The molecule has 3 aromatic rings. The Kier molecular flexibility index (Phi) is 10.2. The van der Waals surface area contributed by atoms with Crippen molar-refractivity contribution in [3.63, 3.8) is 0 Å². The van der Waals surface area contributed by atoms with E-state index in [4.69, 9.17) is 9.15 Å². The van der Waals surface area contributed by atoms with Gasteiger partial charge in [0.25, 0.3) is 0 Å². The quantitative estimate of drug-likeness (QED) is 0.231. The molecule has 0 saturated heterocycles. The van der Waals surface area contributed by atoms with Gasteiger partial charge < -0.3 is 19.8 Å². The van der Waals surface area contributed by atoms with Gasteiger partial charge in [-0.2, -0.15) is 0 Å². The highest BCUT2D eigenvalue weighted by molar-refractivity contribution is 14.0. The number of aromatic nitrogens is 1. The van der Waals surface area contributed by atoms with Gasteiger partial charge in [0.2, 0.25) is 5.89 Å². The van der Waals surface area contributed by atoms with Crippen LogP contribution in [0.25, 0.3) is 0 Å². The maximum absolute atomic E-state index is 5.85. The Morgan fingerprint density at radius 2 is 1.59 bits per heavy atom. The molecule has 0 aliphatic heterocycles. The molecule has 2 aromatic carbocycles. The van der Waals surface area contributed by atoms with Crippen LogP contribution < -0.4 is 10.6 Å². The van der Waals surface area contributed by atoms with Crippen molar-refractivity contribution in [2.75, 3.05) is 7.05 Å². The largest absolute Gasteiger partial charge is 0.443 e. The average Bonchev–Trinajstić information content (AvgIpc) is 3.25. The molecule has 2 N–H and O–H groups in total. The molecule has 0 bridgehead atoms. The zero-order valence-electron chi connectivity index (χ0n) is 19.2. The van der Waals surface area contributed by atoms with Gasteiger partial charge in [-0.25, -0.2) is 4.98 Å². The molecule has 6 nitrogen and oxygen atoms in total. The summed E-state index contributed by atoms with van der Waals surface area (Å²) >= 11 is 0. The van der Waals surface area contributed by atoms with Crippen molar-refractivity contribution < 1.29 is 9.15 Å². The minimum absolute atomic E-state index is 0. The number of rotatable bonds is 8. The Morgan fingerprint density at radius 1 is 0.938 bits per heavy atom. The molecule has 1 heterocycles. The average molecular weight is 548 g/mol. The van der Waals surface area contributed by atoms with Gasteiger partial charge in [-0.05, 0) is 16.7 Å². The minimum Gasteiger partial charge on any atom is -0.443 e. The summed E-state index contributed by atoms with van der Waals surface area (Å²) in [6.07, 6.45) is 1.79. The number of hydrogen-bond donors (Lipinski definition) is 2. The number of ether oxygens (including phenoxy) is 1. The molecule has 172 valence electrons. The summed E-state index contributed by atoms with van der Waals surface area (Å²) in [6, 6.07) is 18.6. The Balaban J connectivity index is 0.00000363. The molecule has 7 heteroatoms. The lowest BCUT2D eigenvalue weighted by molar-refractivity contribution is 0.107. The molecule has 0 radical (unpaired) electrons. The maximum Gasteiger partial charge on any atom is 0.213 e. The second-order valence-corrected chi connectivity index (χ2v) is 8.45. The van der Waals surface area contributed by atoms with Crippen molar-refractivity contribution in [1.82, 2.24) is 15.6 Å². The lowest BCUT2D eigenvalue weighted by Gasteiger charge is -2.13. The van der Waals surface area contributed by atoms with Crippen LogP contribution in [0.15, 0.2) is 70.2 Å². The van der Waals surface area contributed by atoms with E-state index in [1.807, 2.05) is 18.2 Å². The molecule has 0 spiro atoms. The smallest absolute Gasteiger partial charge is 0.213 e. The molecule has 32 heavy (non-hydrogen) atoms. The van der Waals surface area contributed by atoms with E-state index in [9.17, 15) is 0 Å². The first kappa shape index (κ1) is 25.9. The highest BCUT2D eigenvalue weighted by Crippen LogP contribution is 2.22. The number of oxazole rings is 1. The molecule has 1 aromatic heterocycles. The molecule has 0 fully saturated rings. The molecule has 0 atom stereocenters. The molecule has 0 aliphatic rings. The molecule has 0 amide bonds. The molecule has 3 rings (SSSR count). The number of nitrogens with zero attached hydrogens (tertiary/aromatic N) is 2.